The number of anilines is 2. The molecule has 100 valence electrons. The maximum Gasteiger partial charge on any atom is 0.278 e. The SMILES string of the molecule is CCCNc1cnc(C(=O)Nc2nnn(C)n2)cn1. The number of hydrogen-bond acceptors (Lipinski definition) is 7. The first-order chi connectivity index (χ1) is 9.19. The van der Waals surface area contributed by atoms with Gasteiger partial charge in [-0.15, -0.1) is 5.10 Å². The van der Waals surface area contributed by atoms with E-state index < -0.39 is 5.91 Å². The molecule has 9 heteroatoms. The van der Waals surface area contributed by atoms with Gasteiger partial charge in [0.25, 0.3) is 11.9 Å². The molecule has 9 nitrogen and oxygen atoms in total. The van der Waals surface area contributed by atoms with Crippen molar-refractivity contribution in [3.63, 3.8) is 0 Å². The highest BCUT2D eigenvalue weighted by atomic mass is 16.2. The van der Waals surface area contributed by atoms with Crippen LogP contribution in [0.25, 0.3) is 0 Å². The third-order valence-electron chi connectivity index (χ3n) is 2.17. The molecule has 0 aliphatic carbocycles. The van der Waals surface area contributed by atoms with Gasteiger partial charge in [0.15, 0.2) is 0 Å². The molecule has 2 heterocycles. The smallest absolute Gasteiger partial charge is 0.278 e. The Balaban J connectivity index is 1.99. The van der Waals surface area contributed by atoms with E-state index in [1.807, 2.05) is 0 Å². The highest BCUT2D eigenvalue weighted by molar-refractivity contribution is 6.01. The lowest BCUT2D eigenvalue weighted by molar-refractivity contribution is 0.102. The zero-order chi connectivity index (χ0) is 13.7. The molecule has 0 atom stereocenters. The summed E-state index contributed by atoms with van der Waals surface area (Å²) < 4.78 is 0. The van der Waals surface area contributed by atoms with Crippen LogP contribution in [0.5, 0.6) is 0 Å². The van der Waals surface area contributed by atoms with Crippen molar-refractivity contribution in [3.05, 3.63) is 18.1 Å². The molecular formula is C10H14N8O. The number of rotatable bonds is 5. The van der Waals surface area contributed by atoms with E-state index in [1.54, 1.807) is 7.05 Å². The lowest BCUT2D eigenvalue weighted by atomic mass is 10.4. The van der Waals surface area contributed by atoms with Crippen LogP contribution in [-0.4, -0.2) is 42.6 Å². The van der Waals surface area contributed by atoms with E-state index in [1.165, 1.54) is 17.2 Å². The lowest BCUT2D eigenvalue weighted by Crippen LogP contribution is -2.15. The van der Waals surface area contributed by atoms with E-state index in [9.17, 15) is 4.79 Å². The summed E-state index contributed by atoms with van der Waals surface area (Å²) in [6, 6.07) is 0. The number of amides is 1. The third kappa shape index (κ3) is 3.44. The van der Waals surface area contributed by atoms with Gasteiger partial charge in [0.1, 0.15) is 11.5 Å². The Morgan fingerprint density at radius 2 is 2.21 bits per heavy atom. The fourth-order valence-electron chi connectivity index (χ4n) is 1.29. The van der Waals surface area contributed by atoms with Crippen molar-refractivity contribution >= 4 is 17.7 Å². The van der Waals surface area contributed by atoms with Gasteiger partial charge in [-0.2, -0.15) is 4.80 Å². The lowest BCUT2D eigenvalue weighted by Gasteiger charge is -2.03. The fraction of sp³-hybridized carbons (Fsp3) is 0.400. The van der Waals surface area contributed by atoms with Crippen LogP contribution >= 0.6 is 0 Å². The van der Waals surface area contributed by atoms with Crippen molar-refractivity contribution in [3.8, 4) is 0 Å². The van der Waals surface area contributed by atoms with Gasteiger partial charge >= 0.3 is 0 Å². The number of hydrogen-bond donors (Lipinski definition) is 2. The topological polar surface area (TPSA) is 111 Å². The van der Waals surface area contributed by atoms with Crippen LogP contribution in [0.15, 0.2) is 12.4 Å². The normalized spacial score (nSPS) is 10.2. The molecule has 2 N–H and O–H groups in total. The number of aromatic nitrogens is 6. The van der Waals surface area contributed by atoms with Gasteiger partial charge in [-0.25, -0.2) is 9.97 Å². The van der Waals surface area contributed by atoms with Crippen molar-refractivity contribution in [2.24, 2.45) is 7.05 Å². The van der Waals surface area contributed by atoms with E-state index >= 15 is 0 Å². The molecule has 0 radical (unpaired) electrons. The predicted octanol–water partition coefficient (Wildman–Crippen LogP) is 0.0743. The second-order valence-corrected chi connectivity index (χ2v) is 3.77. The monoisotopic (exact) mass is 262 g/mol. The Labute approximate surface area is 109 Å². The first-order valence-electron chi connectivity index (χ1n) is 5.80. The van der Waals surface area contributed by atoms with Gasteiger partial charge < -0.3 is 5.32 Å². The Bertz CT molecular complexity index is 549. The van der Waals surface area contributed by atoms with Gasteiger partial charge in [0.2, 0.25) is 0 Å². The maximum absolute atomic E-state index is 11.8. The molecule has 0 aliphatic rings. The van der Waals surface area contributed by atoms with Crippen molar-refractivity contribution in [2.45, 2.75) is 13.3 Å². The highest BCUT2D eigenvalue weighted by Crippen LogP contribution is 2.03. The molecule has 0 saturated carbocycles. The van der Waals surface area contributed by atoms with Crippen LogP contribution < -0.4 is 10.6 Å². The van der Waals surface area contributed by atoms with Gasteiger partial charge in [0, 0.05) is 6.54 Å². The molecule has 2 aromatic heterocycles. The summed E-state index contributed by atoms with van der Waals surface area (Å²) in [5.74, 6) is 0.334. The summed E-state index contributed by atoms with van der Waals surface area (Å²) in [4.78, 5) is 21.1. The quantitative estimate of drug-likeness (QED) is 0.784. The molecule has 0 unspecified atom stereocenters. The first-order valence-corrected chi connectivity index (χ1v) is 5.80. The minimum Gasteiger partial charge on any atom is -0.369 e. The van der Waals surface area contributed by atoms with Crippen LogP contribution in [0, 0.1) is 0 Å². The molecule has 19 heavy (non-hydrogen) atoms. The molecule has 0 fully saturated rings. The number of nitrogens with zero attached hydrogens (tertiary/aromatic N) is 6. The van der Waals surface area contributed by atoms with Crippen LogP contribution in [-0.2, 0) is 7.05 Å². The highest BCUT2D eigenvalue weighted by Gasteiger charge is 2.11. The average molecular weight is 262 g/mol. The van der Waals surface area contributed by atoms with Gasteiger partial charge in [0.05, 0.1) is 19.4 Å². The molecular weight excluding hydrogens is 248 g/mol. The van der Waals surface area contributed by atoms with E-state index in [4.69, 9.17) is 0 Å². The minimum absolute atomic E-state index is 0.127. The molecule has 0 aromatic carbocycles. The molecule has 0 spiro atoms. The Hall–Kier alpha value is -2.58. The summed E-state index contributed by atoms with van der Waals surface area (Å²) in [7, 11) is 1.61. The van der Waals surface area contributed by atoms with E-state index in [0.717, 1.165) is 13.0 Å². The van der Waals surface area contributed by atoms with Crippen LogP contribution in [0.4, 0.5) is 11.8 Å². The third-order valence-corrected chi connectivity index (χ3v) is 2.17. The van der Waals surface area contributed by atoms with Gasteiger partial charge in [-0.05, 0) is 11.6 Å². The van der Waals surface area contributed by atoms with Crippen molar-refractivity contribution in [2.75, 3.05) is 17.2 Å². The summed E-state index contributed by atoms with van der Waals surface area (Å²) in [6.07, 6.45) is 3.89. The fourth-order valence-corrected chi connectivity index (χ4v) is 1.29. The summed E-state index contributed by atoms with van der Waals surface area (Å²) in [6.45, 7) is 2.86. The Morgan fingerprint density at radius 1 is 1.37 bits per heavy atom. The largest absolute Gasteiger partial charge is 0.369 e. The summed E-state index contributed by atoms with van der Waals surface area (Å²) in [5.41, 5.74) is 0.189. The molecule has 2 rings (SSSR count). The molecule has 0 saturated heterocycles. The predicted molar refractivity (Wildman–Crippen MR) is 67.6 cm³/mol. The maximum atomic E-state index is 11.8. The zero-order valence-corrected chi connectivity index (χ0v) is 10.7. The number of tetrazole rings is 1. The molecule has 0 aliphatic heterocycles. The number of aryl methyl sites for hydroxylation is 1. The Kier molecular flexibility index (Phi) is 3.96. The summed E-state index contributed by atoms with van der Waals surface area (Å²) in [5, 5.41) is 16.6. The molecule has 0 bridgehead atoms. The van der Waals surface area contributed by atoms with E-state index in [0.29, 0.717) is 5.82 Å². The number of carbonyl (C=O) groups excluding carboxylic acids is 1. The zero-order valence-electron chi connectivity index (χ0n) is 10.7. The van der Waals surface area contributed by atoms with Crippen molar-refractivity contribution in [1.82, 2.24) is 30.2 Å². The number of nitrogens with one attached hydrogen (secondary N) is 2. The number of carbonyl (C=O) groups is 1. The second kappa shape index (κ2) is 5.85. The minimum atomic E-state index is -0.428. The summed E-state index contributed by atoms with van der Waals surface area (Å²) >= 11 is 0. The Morgan fingerprint density at radius 3 is 2.79 bits per heavy atom. The van der Waals surface area contributed by atoms with E-state index in [2.05, 4.69) is 42.9 Å². The van der Waals surface area contributed by atoms with Crippen molar-refractivity contribution in [1.29, 1.82) is 0 Å². The molecule has 1 amide bonds. The standard InChI is InChI=1S/C10H14N8O/c1-3-4-11-8-6-12-7(5-13-8)9(19)14-10-15-17-18(2)16-10/h5-6H,3-4H2,1-2H3,(H,11,13)(H,14,16,19). The average Bonchev–Trinajstić information content (AvgIpc) is 2.82. The van der Waals surface area contributed by atoms with Crippen molar-refractivity contribution < 1.29 is 4.79 Å². The van der Waals surface area contributed by atoms with Crippen LogP contribution in [0.1, 0.15) is 23.8 Å². The first kappa shape index (κ1) is 12.9. The van der Waals surface area contributed by atoms with E-state index in [-0.39, 0.29) is 11.6 Å². The molecule has 2 aromatic rings. The van der Waals surface area contributed by atoms with Gasteiger partial charge in [-0.1, -0.05) is 12.0 Å². The van der Waals surface area contributed by atoms with Gasteiger partial charge in [-0.3, -0.25) is 10.1 Å². The second-order valence-electron chi connectivity index (χ2n) is 3.77. The van der Waals surface area contributed by atoms with Crippen LogP contribution in [0.3, 0.4) is 0 Å². The van der Waals surface area contributed by atoms with Crippen LogP contribution in [0.2, 0.25) is 0 Å².